The van der Waals surface area contributed by atoms with Crippen molar-refractivity contribution >= 4 is 16.6 Å². The molecule has 0 atom stereocenters. The average molecular weight is 469 g/mol. The number of hydrogen-bond donors (Lipinski definition) is 1. The second kappa shape index (κ2) is 7.82. The van der Waals surface area contributed by atoms with Crippen molar-refractivity contribution in [3.05, 3.63) is 66.3 Å². The number of ether oxygens (including phenoxy) is 1. The predicted octanol–water partition coefficient (Wildman–Crippen LogP) is 6.12. The normalized spacial score (nSPS) is 12.2. The first kappa shape index (κ1) is 21.9. The lowest BCUT2D eigenvalue weighted by Gasteiger charge is -2.13. The van der Waals surface area contributed by atoms with E-state index in [4.69, 9.17) is 4.74 Å². The molecule has 2 aromatic carbocycles. The van der Waals surface area contributed by atoms with Gasteiger partial charge in [0, 0.05) is 24.2 Å². The summed E-state index contributed by atoms with van der Waals surface area (Å²) in [5.74, 6) is -4.55. The van der Waals surface area contributed by atoms with Crippen LogP contribution in [0.15, 0.2) is 48.9 Å². The monoisotopic (exact) mass is 469 g/mol. The summed E-state index contributed by atoms with van der Waals surface area (Å²) in [6.07, 6.45) is 3.83. The standard InChI is InChI=1S/C24H19F4N5O/c1-12(2)34-19-8-13(4-6-16(19)25)18-11-33-20(10-29-18)31-23(24(3,27)28)22(33)14-5-7-17-15(21(14)26)9-30-32-17/h4-12H,1-3H3,(H,30,32). The minimum atomic E-state index is -3.35. The first-order valence-corrected chi connectivity index (χ1v) is 10.5. The predicted molar refractivity (Wildman–Crippen MR) is 119 cm³/mol. The lowest BCUT2D eigenvalue weighted by molar-refractivity contribution is 0.0139. The van der Waals surface area contributed by atoms with Crippen LogP contribution >= 0.6 is 0 Å². The number of benzene rings is 2. The molecule has 0 spiro atoms. The molecule has 0 amide bonds. The molecular weight excluding hydrogens is 450 g/mol. The fourth-order valence-electron chi connectivity index (χ4n) is 3.84. The highest BCUT2D eigenvalue weighted by atomic mass is 19.3. The van der Waals surface area contributed by atoms with Crippen LogP contribution in [0.25, 0.3) is 39.1 Å². The molecule has 0 saturated heterocycles. The SMILES string of the molecule is CC(C)Oc1cc(-c2cn3c(-c4ccc5[nH]ncc5c4F)c(C(C)(F)F)nc3cn2)ccc1F. The summed E-state index contributed by atoms with van der Waals surface area (Å²) in [5.41, 5.74) is 0.639. The van der Waals surface area contributed by atoms with Gasteiger partial charge in [0.15, 0.2) is 17.2 Å². The number of nitrogens with one attached hydrogen (secondary N) is 1. The highest BCUT2D eigenvalue weighted by Gasteiger charge is 2.34. The van der Waals surface area contributed by atoms with Crippen molar-refractivity contribution in [1.82, 2.24) is 24.6 Å². The Kier molecular flexibility index (Phi) is 5.03. The van der Waals surface area contributed by atoms with Crippen LogP contribution in [0.4, 0.5) is 17.6 Å². The Balaban J connectivity index is 1.75. The van der Waals surface area contributed by atoms with Gasteiger partial charge in [-0.25, -0.2) is 13.8 Å². The van der Waals surface area contributed by atoms with Crippen LogP contribution in [0.3, 0.4) is 0 Å². The molecule has 0 aliphatic carbocycles. The molecule has 0 aliphatic heterocycles. The number of H-pyrrole nitrogens is 1. The molecule has 174 valence electrons. The van der Waals surface area contributed by atoms with Crippen LogP contribution in [0.1, 0.15) is 26.5 Å². The lowest BCUT2D eigenvalue weighted by Crippen LogP contribution is -2.10. The van der Waals surface area contributed by atoms with Crippen molar-refractivity contribution in [2.24, 2.45) is 0 Å². The van der Waals surface area contributed by atoms with Crippen LogP contribution in [-0.2, 0) is 5.92 Å². The van der Waals surface area contributed by atoms with Crippen LogP contribution < -0.4 is 4.74 Å². The molecule has 6 nitrogen and oxygen atoms in total. The second-order valence-electron chi connectivity index (χ2n) is 8.27. The minimum absolute atomic E-state index is 0.0393. The van der Waals surface area contributed by atoms with Crippen molar-refractivity contribution in [3.63, 3.8) is 0 Å². The fraction of sp³-hybridized carbons (Fsp3) is 0.208. The first-order valence-electron chi connectivity index (χ1n) is 10.5. The van der Waals surface area contributed by atoms with Gasteiger partial charge in [0.2, 0.25) is 0 Å². The van der Waals surface area contributed by atoms with Gasteiger partial charge in [-0.2, -0.15) is 13.9 Å². The summed E-state index contributed by atoms with van der Waals surface area (Å²) in [6.45, 7) is 4.24. The van der Waals surface area contributed by atoms with Gasteiger partial charge in [-0.05, 0) is 44.2 Å². The quantitative estimate of drug-likeness (QED) is 0.315. The minimum Gasteiger partial charge on any atom is -0.488 e. The highest BCUT2D eigenvalue weighted by molar-refractivity contribution is 5.85. The molecule has 34 heavy (non-hydrogen) atoms. The number of aromatic amines is 1. The Morgan fingerprint density at radius 3 is 2.62 bits per heavy atom. The van der Waals surface area contributed by atoms with Crippen molar-refractivity contribution in [1.29, 1.82) is 0 Å². The molecule has 3 heterocycles. The lowest BCUT2D eigenvalue weighted by atomic mass is 10.0. The maximum absolute atomic E-state index is 15.4. The van der Waals surface area contributed by atoms with E-state index in [9.17, 15) is 13.2 Å². The summed E-state index contributed by atoms with van der Waals surface area (Å²) >= 11 is 0. The highest BCUT2D eigenvalue weighted by Crippen LogP contribution is 2.39. The molecular formula is C24H19F4N5O. The largest absolute Gasteiger partial charge is 0.488 e. The maximum atomic E-state index is 15.4. The summed E-state index contributed by atoms with van der Waals surface area (Å²) in [6, 6.07) is 7.19. The van der Waals surface area contributed by atoms with Crippen molar-refractivity contribution < 1.29 is 22.3 Å². The van der Waals surface area contributed by atoms with Gasteiger partial charge in [0.1, 0.15) is 11.5 Å². The zero-order valence-electron chi connectivity index (χ0n) is 18.4. The summed E-state index contributed by atoms with van der Waals surface area (Å²) in [4.78, 5) is 8.36. The van der Waals surface area contributed by atoms with E-state index in [1.165, 1.54) is 47.3 Å². The number of alkyl halides is 2. The van der Waals surface area contributed by atoms with E-state index < -0.39 is 23.3 Å². The van der Waals surface area contributed by atoms with Crippen LogP contribution in [0, 0.1) is 11.6 Å². The fourth-order valence-corrected chi connectivity index (χ4v) is 3.84. The van der Waals surface area contributed by atoms with E-state index in [0.717, 1.165) is 0 Å². The smallest absolute Gasteiger partial charge is 0.289 e. The zero-order chi connectivity index (χ0) is 24.2. The van der Waals surface area contributed by atoms with Gasteiger partial charge < -0.3 is 4.74 Å². The molecule has 0 bridgehead atoms. The molecule has 5 rings (SSSR count). The van der Waals surface area contributed by atoms with E-state index in [0.29, 0.717) is 23.7 Å². The topological polar surface area (TPSA) is 68.1 Å². The Morgan fingerprint density at radius 2 is 1.88 bits per heavy atom. The number of nitrogens with zero attached hydrogens (tertiary/aromatic N) is 4. The van der Waals surface area contributed by atoms with Crippen molar-refractivity contribution in [2.45, 2.75) is 32.8 Å². The van der Waals surface area contributed by atoms with Gasteiger partial charge in [0.05, 0.1) is 40.8 Å². The Bertz CT molecular complexity index is 1530. The number of rotatable bonds is 5. The third-order valence-corrected chi connectivity index (χ3v) is 5.33. The zero-order valence-corrected chi connectivity index (χ0v) is 18.4. The third kappa shape index (κ3) is 3.64. The van der Waals surface area contributed by atoms with Gasteiger partial charge in [-0.3, -0.25) is 14.5 Å². The number of aromatic nitrogens is 5. The van der Waals surface area contributed by atoms with Gasteiger partial charge in [-0.1, -0.05) is 0 Å². The van der Waals surface area contributed by atoms with Crippen LogP contribution in [0.5, 0.6) is 5.75 Å². The Morgan fingerprint density at radius 1 is 1.09 bits per heavy atom. The van der Waals surface area contributed by atoms with E-state index in [1.807, 2.05) is 0 Å². The van der Waals surface area contributed by atoms with Crippen LogP contribution in [-0.4, -0.2) is 30.7 Å². The molecule has 0 fully saturated rings. The molecule has 0 unspecified atom stereocenters. The second-order valence-corrected chi connectivity index (χ2v) is 8.27. The van der Waals surface area contributed by atoms with Crippen molar-refractivity contribution in [3.8, 4) is 28.3 Å². The molecule has 0 saturated carbocycles. The Labute approximate surface area is 191 Å². The van der Waals surface area contributed by atoms with Crippen molar-refractivity contribution in [2.75, 3.05) is 0 Å². The number of hydrogen-bond acceptors (Lipinski definition) is 4. The number of imidazole rings is 1. The summed E-state index contributed by atoms with van der Waals surface area (Å²) < 4.78 is 65.6. The molecule has 5 aromatic rings. The summed E-state index contributed by atoms with van der Waals surface area (Å²) in [5, 5.41) is 6.64. The average Bonchev–Trinajstić information content (AvgIpc) is 3.40. The maximum Gasteiger partial charge on any atom is 0.289 e. The third-order valence-electron chi connectivity index (χ3n) is 5.33. The van der Waals surface area contributed by atoms with Gasteiger partial charge in [-0.15, -0.1) is 0 Å². The van der Waals surface area contributed by atoms with Gasteiger partial charge in [0.25, 0.3) is 5.92 Å². The van der Waals surface area contributed by atoms with Gasteiger partial charge >= 0.3 is 0 Å². The molecule has 10 heteroatoms. The van der Waals surface area contributed by atoms with E-state index in [2.05, 4.69) is 20.2 Å². The summed E-state index contributed by atoms with van der Waals surface area (Å²) in [7, 11) is 0. The van der Waals surface area contributed by atoms with E-state index in [-0.39, 0.29) is 34.1 Å². The molecule has 3 aromatic heterocycles. The first-order chi connectivity index (χ1) is 16.1. The van der Waals surface area contributed by atoms with Crippen LogP contribution in [0.2, 0.25) is 0 Å². The molecule has 0 radical (unpaired) electrons. The Hall–Kier alpha value is -3.95. The number of fused-ring (bicyclic) bond motifs is 2. The molecule has 0 aliphatic rings. The molecule has 1 N–H and O–H groups in total. The van der Waals surface area contributed by atoms with E-state index in [1.54, 1.807) is 19.9 Å². The van der Waals surface area contributed by atoms with E-state index >= 15 is 4.39 Å². The number of halogens is 4.